The van der Waals surface area contributed by atoms with Gasteiger partial charge in [0.2, 0.25) is 5.95 Å². The highest BCUT2D eigenvalue weighted by molar-refractivity contribution is 5.26. The Hall–Kier alpha value is -1.36. The number of hydrogen-bond acceptors (Lipinski definition) is 5. The number of hydrogen-bond donors (Lipinski definition) is 2. The van der Waals surface area contributed by atoms with Gasteiger partial charge in [-0.25, -0.2) is 9.97 Å². The van der Waals surface area contributed by atoms with E-state index in [9.17, 15) is 0 Å². The molecule has 2 rings (SSSR count). The van der Waals surface area contributed by atoms with Crippen LogP contribution in [0.15, 0.2) is 12.4 Å². The van der Waals surface area contributed by atoms with Gasteiger partial charge in [-0.15, -0.1) is 0 Å². The van der Waals surface area contributed by atoms with Gasteiger partial charge >= 0.3 is 0 Å². The molecule has 1 aromatic rings. The molecule has 1 aromatic heterocycles. The zero-order chi connectivity index (χ0) is 11.2. The minimum Gasteiger partial charge on any atom is -0.494 e. The quantitative estimate of drug-likeness (QED) is 0.775. The third-order valence-corrected chi connectivity index (χ3v) is 2.86. The molecule has 5 nitrogen and oxygen atoms in total. The van der Waals surface area contributed by atoms with Gasteiger partial charge in [0.25, 0.3) is 0 Å². The van der Waals surface area contributed by atoms with Crippen LogP contribution in [0.3, 0.4) is 0 Å². The molecule has 1 atom stereocenters. The van der Waals surface area contributed by atoms with Crippen LogP contribution in [-0.4, -0.2) is 36.7 Å². The summed E-state index contributed by atoms with van der Waals surface area (Å²) in [6.45, 7) is 3.23. The Morgan fingerprint density at radius 3 is 2.94 bits per heavy atom. The fourth-order valence-corrected chi connectivity index (χ4v) is 1.86. The Labute approximate surface area is 95.6 Å². The van der Waals surface area contributed by atoms with Crippen molar-refractivity contribution in [2.45, 2.75) is 12.8 Å². The van der Waals surface area contributed by atoms with Crippen molar-refractivity contribution in [2.75, 3.05) is 32.1 Å². The molecule has 0 aromatic carbocycles. The first-order chi connectivity index (χ1) is 7.88. The molecule has 1 aliphatic heterocycles. The summed E-state index contributed by atoms with van der Waals surface area (Å²) in [5.41, 5.74) is 0. The van der Waals surface area contributed by atoms with Gasteiger partial charge in [0.1, 0.15) is 0 Å². The molecule has 1 fully saturated rings. The van der Waals surface area contributed by atoms with E-state index in [1.165, 1.54) is 12.8 Å². The Kier molecular flexibility index (Phi) is 3.93. The summed E-state index contributed by atoms with van der Waals surface area (Å²) in [6, 6.07) is 0. The number of ether oxygens (including phenoxy) is 1. The number of nitrogens with zero attached hydrogens (tertiary/aromatic N) is 2. The highest BCUT2D eigenvalue weighted by Crippen LogP contribution is 2.12. The van der Waals surface area contributed by atoms with Gasteiger partial charge < -0.3 is 15.4 Å². The van der Waals surface area contributed by atoms with Crippen molar-refractivity contribution >= 4 is 5.95 Å². The molecule has 88 valence electrons. The maximum atomic E-state index is 4.99. The molecule has 1 aliphatic rings. The molecule has 2 heterocycles. The van der Waals surface area contributed by atoms with Crippen LogP contribution in [0.2, 0.25) is 0 Å². The van der Waals surface area contributed by atoms with Crippen LogP contribution in [0.5, 0.6) is 5.75 Å². The first kappa shape index (κ1) is 11.1. The molecular weight excluding hydrogens is 204 g/mol. The fraction of sp³-hybridized carbons (Fsp3) is 0.636. The monoisotopic (exact) mass is 222 g/mol. The number of aromatic nitrogens is 2. The summed E-state index contributed by atoms with van der Waals surface area (Å²) in [7, 11) is 1.61. The van der Waals surface area contributed by atoms with Gasteiger partial charge in [-0.3, -0.25) is 0 Å². The Bertz CT molecular complexity index is 308. The Balaban J connectivity index is 1.71. The maximum absolute atomic E-state index is 4.99. The largest absolute Gasteiger partial charge is 0.494 e. The van der Waals surface area contributed by atoms with E-state index >= 15 is 0 Å². The van der Waals surface area contributed by atoms with E-state index in [1.54, 1.807) is 19.5 Å². The molecule has 5 heteroatoms. The zero-order valence-corrected chi connectivity index (χ0v) is 9.57. The predicted octanol–water partition coefficient (Wildman–Crippen LogP) is 0.897. The molecule has 0 bridgehead atoms. The van der Waals surface area contributed by atoms with Crippen molar-refractivity contribution < 1.29 is 4.74 Å². The van der Waals surface area contributed by atoms with Gasteiger partial charge in [-0.2, -0.15) is 0 Å². The van der Waals surface area contributed by atoms with Crippen molar-refractivity contribution in [3.8, 4) is 5.75 Å². The molecule has 1 saturated heterocycles. The zero-order valence-electron chi connectivity index (χ0n) is 9.57. The van der Waals surface area contributed by atoms with E-state index in [-0.39, 0.29) is 0 Å². The summed E-state index contributed by atoms with van der Waals surface area (Å²) in [4.78, 5) is 8.30. The van der Waals surface area contributed by atoms with Crippen molar-refractivity contribution in [3.63, 3.8) is 0 Å². The number of rotatable bonds is 5. The van der Waals surface area contributed by atoms with Crippen molar-refractivity contribution in [3.05, 3.63) is 12.4 Å². The van der Waals surface area contributed by atoms with Gasteiger partial charge in [-0.1, -0.05) is 0 Å². The standard InChI is InChI=1S/C11H18N4O/c1-16-10-7-14-11(15-8-10)13-5-3-9-2-4-12-6-9/h7-9,12H,2-6H2,1H3,(H,13,14,15). The number of nitrogens with one attached hydrogen (secondary N) is 2. The molecule has 0 radical (unpaired) electrons. The lowest BCUT2D eigenvalue weighted by Crippen LogP contribution is -2.13. The van der Waals surface area contributed by atoms with Gasteiger partial charge in [0.05, 0.1) is 19.5 Å². The lowest BCUT2D eigenvalue weighted by molar-refractivity contribution is 0.411. The first-order valence-corrected chi connectivity index (χ1v) is 5.69. The second kappa shape index (κ2) is 5.65. The lowest BCUT2D eigenvalue weighted by atomic mass is 10.1. The Morgan fingerprint density at radius 2 is 2.31 bits per heavy atom. The molecule has 0 aliphatic carbocycles. The van der Waals surface area contributed by atoms with Crippen molar-refractivity contribution in [2.24, 2.45) is 5.92 Å². The smallest absolute Gasteiger partial charge is 0.222 e. The van der Waals surface area contributed by atoms with Gasteiger partial charge in [0.15, 0.2) is 5.75 Å². The van der Waals surface area contributed by atoms with Crippen LogP contribution < -0.4 is 15.4 Å². The van der Waals surface area contributed by atoms with Crippen LogP contribution in [-0.2, 0) is 0 Å². The van der Waals surface area contributed by atoms with Crippen molar-refractivity contribution in [1.29, 1.82) is 0 Å². The van der Waals surface area contributed by atoms with Gasteiger partial charge in [-0.05, 0) is 31.8 Å². The van der Waals surface area contributed by atoms with Crippen LogP contribution in [0, 0.1) is 5.92 Å². The summed E-state index contributed by atoms with van der Waals surface area (Å²) in [5.74, 6) is 2.16. The molecule has 0 amide bonds. The second-order valence-corrected chi connectivity index (χ2v) is 4.02. The molecule has 0 spiro atoms. The third-order valence-electron chi connectivity index (χ3n) is 2.86. The van der Waals surface area contributed by atoms with E-state index in [2.05, 4.69) is 20.6 Å². The molecular formula is C11H18N4O. The number of methoxy groups -OCH3 is 1. The van der Waals surface area contributed by atoms with E-state index in [0.29, 0.717) is 11.7 Å². The molecule has 0 saturated carbocycles. The van der Waals surface area contributed by atoms with E-state index < -0.39 is 0 Å². The van der Waals surface area contributed by atoms with Crippen molar-refractivity contribution in [1.82, 2.24) is 15.3 Å². The summed E-state index contributed by atoms with van der Waals surface area (Å²) < 4.78 is 4.99. The van der Waals surface area contributed by atoms with E-state index in [1.807, 2.05) is 0 Å². The summed E-state index contributed by atoms with van der Waals surface area (Å²) in [5, 5.41) is 6.58. The van der Waals surface area contributed by atoms with Crippen LogP contribution in [0.25, 0.3) is 0 Å². The second-order valence-electron chi connectivity index (χ2n) is 4.02. The average Bonchev–Trinajstić information content (AvgIpc) is 2.83. The third kappa shape index (κ3) is 3.06. The molecule has 1 unspecified atom stereocenters. The fourth-order valence-electron chi connectivity index (χ4n) is 1.86. The average molecular weight is 222 g/mol. The molecule has 16 heavy (non-hydrogen) atoms. The van der Waals surface area contributed by atoms with Crippen LogP contribution in [0.1, 0.15) is 12.8 Å². The minimum atomic E-state index is 0.673. The maximum Gasteiger partial charge on any atom is 0.222 e. The van der Waals surface area contributed by atoms with Crippen LogP contribution >= 0.6 is 0 Å². The predicted molar refractivity (Wildman–Crippen MR) is 62.7 cm³/mol. The normalized spacial score (nSPS) is 19.7. The SMILES string of the molecule is COc1cnc(NCCC2CCNC2)nc1. The van der Waals surface area contributed by atoms with Gasteiger partial charge in [0, 0.05) is 6.54 Å². The Morgan fingerprint density at radius 1 is 1.50 bits per heavy atom. The lowest BCUT2D eigenvalue weighted by Gasteiger charge is -2.09. The highest BCUT2D eigenvalue weighted by atomic mass is 16.5. The minimum absolute atomic E-state index is 0.673. The molecule has 2 N–H and O–H groups in total. The highest BCUT2D eigenvalue weighted by Gasteiger charge is 2.13. The van der Waals surface area contributed by atoms with Crippen LogP contribution in [0.4, 0.5) is 5.95 Å². The topological polar surface area (TPSA) is 59.1 Å². The van der Waals surface area contributed by atoms with E-state index in [4.69, 9.17) is 4.74 Å². The summed E-state index contributed by atoms with van der Waals surface area (Å²) >= 11 is 0. The summed E-state index contributed by atoms with van der Waals surface area (Å²) in [6.07, 6.45) is 5.80. The first-order valence-electron chi connectivity index (χ1n) is 5.69. The van der Waals surface area contributed by atoms with E-state index in [0.717, 1.165) is 25.6 Å². The number of anilines is 1.